The molecule has 5 rings (SSSR count). The van der Waals surface area contributed by atoms with E-state index in [-0.39, 0.29) is 10.8 Å². The van der Waals surface area contributed by atoms with E-state index in [1.54, 1.807) is 0 Å². The molecule has 40 heavy (non-hydrogen) atoms. The van der Waals surface area contributed by atoms with Crippen LogP contribution >= 0.6 is 0 Å². The molecule has 0 spiro atoms. The molecule has 0 nitrogen and oxygen atoms in total. The predicted octanol–water partition coefficient (Wildman–Crippen LogP) is 11.2. The van der Waals surface area contributed by atoms with Gasteiger partial charge in [-0.05, 0) is 80.0 Å². The maximum Gasteiger partial charge on any atom is 0.0234 e. The van der Waals surface area contributed by atoms with Gasteiger partial charge in [-0.3, -0.25) is 0 Å². The van der Waals surface area contributed by atoms with Crippen molar-refractivity contribution in [3.05, 3.63) is 155 Å². The molecule has 208 valence electrons. The Labute approximate surface area is 244 Å². The van der Waals surface area contributed by atoms with E-state index in [4.69, 9.17) is 0 Å². The lowest BCUT2D eigenvalue weighted by Gasteiger charge is -2.33. The first-order chi connectivity index (χ1) is 19.4. The first kappa shape index (κ1) is 29.6. The summed E-state index contributed by atoms with van der Waals surface area (Å²) in [7, 11) is 0. The maximum absolute atomic E-state index is 2.37. The van der Waals surface area contributed by atoms with Crippen molar-refractivity contribution >= 4 is 0 Å². The molecule has 0 saturated heterocycles. The van der Waals surface area contributed by atoms with E-state index in [2.05, 4.69) is 162 Å². The van der Waals surface area contributed by atoms with Gasteiger partial charge >= 0.3 is 0 Å². The van der Waals surface area contributed by atoms with Gasteiger partial charge < -0.3 is 0 Å². The fraction of sp³-hybridized carbons (Fsp3) is 0.350. The molecule has 1 atom stereocenters. The van der Waals surface area contributed by atoms with Crippen LogP contribution in [-0.4, -0.2) is 0 Å². The summed E-state index contributed by atoms with van der Waals surface area (Å²) >= 11 is 0. The standard InChI is InChI=1S/2C20H24/c1-16(2)17-13-14-20(15-17,18-9-5-3-6-10-18)19-11-7-4-8-12-19;1-4-20(16-15-17(2)3,18-11-7-5-8-12-18)19-13-9-6-10-14-19/h3-12,16-17H,13-15H2,1-2H3;5-15H,4,16H2,1-3H3. The predicted molar refractivity (Wildman–Crippen MR) is 174 cm³/mol. The van der Waals surface area contributed by atoms with Gasteiger partial charge in [0, 0.05) is 10.8 Å². The quantitative estimate of drug-likeness (QED) is 0.199. The lowest BCUT2D eigenvalue weighted by Crippen LogP contribution is -2.26. The van der Waals surface area contributed by atoms with Gasteiger partial charge in [0.05, 0.1) is 0 Å². The van der Waals surface area contributed by atoms with Gasteiger partial charge in [0.15, 0.2) is 0 Å². The molecule has 0 radical (unpaired) electrons. The number of allylic oxidation sites excluding steroid dienone is 2. The Balaban J connectivity index is 0.000000185. The van der Waals surface area contributed by atoms with E-state index in [0.29, 0.717) is 0 Å². The van der Waals surface area contributed by atoms with Crippen LogP contribution in [0.25, 0.3) is 0 Å². The van der Waals surface area contributed by atoms with E-state index in [0.717, 1.165) is 24.7 Å². The highest BCUT2D eigenvalue weighted by atomic mass is 14.5. The molecular formula is C40H48. The lowest BCUT2D eigenvalue weighted by molar-refractivity contribution is 0.375. The molecule has 1 fully saturated rings. The van der Waals surface area contributed by atoms with Gasteiger partial charge in [0.1, 0.15) is 0 Å². The van der Waals surface area contributed by atoms with E-state index in [9.17, 15) is 0 Å². The molecule has 0 N–H and O–H groups in total. The first-order valence-electron chi connectivity index (χ1n) is 15.3. The van der Waals surface area contributed by atoms with Crippen molar-refractivity contribution in [1.29, 1.82) is 0 Å². The number of hydrogen-bond acceptors (Lipinski definition) is 0. The number of benzene rings is 4. The van der Waals surface area contributed by atoms with Crippen LogP contribution in [0.4, 0.5) is 0 Å². The summed E-state index contributed by atoms with van der Waals surface area (Å²) in [5, 5.41) is 0. The Morgan fingerprint density at radius 3 is 1.50 bits per heavy atom. The molecule has 0 heterocycles. The second kappa shape index (κ2) is 13.8. The van der Waals surface area contributed by atoms with Crippen LogP contribution in [0.15, 0.2) is 133 Å². The van der Waals surface area contributed by atoms with Crippen LogP contribution in [0, 0.1) is 11.8 Å². The minimum absolute atomic E-state index is 0.0831. The van der Waals surface area contributed by atoms with Gasteiger partial charge in [0.2, 0.25) is 0 Å². The van der Waals surface area contributed by atoms with E-state index >= 15 is 0 Å². The summed E-state index contributed by atoms with van der Waals surface area (Å²) < 4.78 is 0. The molecule has 1 saturated carbocycles. The highest BCUT2D eigenvalue weighted by Gasteiger charge is 2.42. The zero-order valence-electron chi connectivity index (χ0n) is 25.3. The summed E-state index contributed by atoms with van der Waals surface area (Å²) in [5.74, 6) is 1.62. The largest absolute Gasteiger partial charge is 0.0847 e. The fourth-order valence-corrected chi connectivity index (χ4v) is 6.71. The fourth-order valence-electron chi connectivity index (χ4n) is 6.71. The zero-order valence-corrected chi connectivity index (χ0v) is 25.3. The first-order valence-corrected chi connectivity index (χ1v) is 15.3. The van der Waals surface area contributed by atoms with Gasteiger partial charge in [-0.2, -0.15) is 0 Å². The molecule has 0 aliphatic heterocycles. The lowest BCUT2D eigenvalue weighted by atomic mass is 9.70. The molecule has 1 aliphatic carbocycles. The summed E-state index contributed by atoms with van der Waals surface area (Å²) in [4.78, 5) is 0. The van der Waals surface area contributed by atoms with Crippen LogP contribution < -0.4 is 0 Å². The SMILES string of the molecule is CC(C)C1CCC(c2ccccc2)(c2ccccc2)C1.CCC(CC=C(C)C)(c1ccccc1)c1ccccc1. The number of rotatable bonds is 8. The van der Waals surface area contributed by atoms with Gasteiger partial charge in [0.25, 0.3) is 0 Å². The zero-order chi connectivity index (χ0) is 28.4. The molecule has 4 aromatic rings. The monoisotopic (exact) mass is 528 g/mol. The molecular weight excluding hydrogens is 480 g/mol. The van der Waals surface area contributed by atoms with Gasteiger partial charge in [-0.15, -0.1) is 0 Å². The third-order valence-corrected chi connectivity index (χ3v) is 9.26. The Morgan fingerprint density at radius 2 is 1.15 bits per heavy atom. The van der Waals surface area contributed by atoms with Gasteiger partial charge in [-0.25, -0.2) is 0 Å². The van der Waals surface area contributed by atoms with Crippen LogP contribution in [0.5, 0.6) is 0 Å². The molecule has 0 amide bonds. The van der Waals surface area contributed by atoms with E-state index in [1.165, 1.54) is 47.1 Å². The third kappa shape index (κ3) is 6.67. The highest BCUT2D eigenvalue weighted by Crippen LogP contribution is 2.50. The molecule has 0 bridgehead atoms. The topological polar surface area (TPSA) is 0 Å². The highest BCUT2D eigenvalue weighted by molar-refractivity contribution is 5.41. The van der Waals surface area contributed by atoms with Crippen LogP contribution in [0.1, 0.15) is 89.0 Å². The van der Waals surface area contributed by atoms with Crippen molar-refractivity contribution in [2.24, 2.45) is 11.8 Å². The molecule has 1 aliphatic rings. The van der Waals surface area contributed by atoms with E-state index in [1.807, 2.05) is 0 Å². The maximum atomic E-state index is 2.37. The van der Waals surface area contributed by atoms with Crippen molar-refractivity contribution in [2.75, 3.05) is 0 Å². The summed E-state index contributed by atoms with van der Waals surface area (Å²) in [6.07, 6.45) is 8.44. The average Bonchev–Trinajstić information content (AvgIpc) is 3.47. The number of hydrogen-bond donors (Lipinski definition) is 0. The Morgan fingerprint density at radius 1 is 0.725 bits per heavy atom. The summed E-state index contributed by atoms with van der Waals surface area (Å²) in [5.41, 5.74) is 7.51. The van der Waals surface area contributed by atoms with Crippen LogP contribution in [0.3, 0.4) is 0 Å². The minimum Gasteiger partial charge on any atom is -0.0847 e. The van der Waals surface area contributed by atoms with Crippen molar-refractivity contribution in [3.63, 3.8) is 0 Å². The van der Waals surface area contributed by atoms with Crippen molar-refractivity contribution in [2.45, 2.75) is 77.6 Å². The average molecular weight is 529 g/mol. The second-order valence-electron chi connectivity index (χ2n) is 12.2. The molecule has 1 unspecified atom stereocenters. The summed E-state index contributed by atoms with van der Waals surface area (Å²) in [6, 6.07) is 44.0. The van der Waals surface area contributed by atoms with Crippen LogP contribution in [0.2, 0.25) is 0 Å². The third-order valence-electron chi connectivity index (χ3n) is 9.26. The second-order valence-corrected chi connectivity index (χ2v) is 12.2. The molecule has 4 aromatic carbocycles. The minimum atomic E-state index is 0.0831. The van der Waals surface area contributed by atoms with Gasteiger partial charge in [-0.1, -0.05) is 154 Å². The van der Waals surface area contributed by atoms with E-state index < -0.39 is 0 Å². The van der Waals surface area contributed by atoms with Crippen molar-refractivity contribution < 1.29 is 0 Å². The Kier molecular flexibility index (Phi) is 10.2. The Hall–Kier alpha value is -3.38. The smallest absolute Gasteiger partial charge is 0.0234 e. The van der Waals surface area contributed by atoms with Crippen LogP contribution in [-0.2, 0) is 10.8 Å². The molecule has 0 heteroatoms. The summed E-state index contributed by atoms with van der Waals surface area (Å²) in [6.45, 7) is 11.4. The van der Waals surface area contributed by atoms with Crippen molar-refractivity contribution in [3.8, 4) is 0 Å². The molecule has 0 aromatic heterocycles. The van der Waals surface area contributed by atoms with Crippen molar-refractivity contribution in [1.82, 2.24) is 0 Å². The normalized spacial score (nSPS) is 16.2. The Bertz CT molecular complexity index is 1220.